The second kappa shape index (κ2) is 5.64. The highest BCUT2D eigenvalue weighted by molar-refractivity contribution is 5.81. The lowest BCUT2D eigenvalue weighted by atomic mass is 10.1. The number of nitrogens with two attached hydrogens (primary N) is 1. The predicted octanol–water partition coefficient (Wildman–Crippen LogP) is -0.0541. The maximum Gasteiger partial charge on any atom is 0.242 e. The molecule has 0 aliphatic carbocycles. The van der Waals surface area contributed by atoms with Crippen molar-refractivity contribution in [2.45, 2.75) is 13.1 Å². The van der Waals surface area contributed by atoms with Gasteiger partial charge in [-0.05, 0) is 11.1 Å². The maximum atomic E-state index is 11.8. The van der Waals surface area contributed by atoms with Gasteiger partial charge in [-0.2, -0.15) is 0 Å². The van der Waals surface area contributed by atoms with Gasteiger partial charge in [-0.15, -0.1) is 0 Å². The van der Waals surface area contributed by atoms with E-state index in [1.54, 1.807) is 4.90 Å². The van der Waals surface area contributed by atoms with E-state index in [9.17, 15) is 9.59 Å². The summed E-state index contributed by atoms with van der Waals surface area (Å²) in [7, 11) is 0. The molecule has 1 aliphatic rings. The minimum absolute atomic E-state index is 0.00787. The Morgan fingerprint density at radius 2 is 2.06 bits per heavy atom. The van der Waals surface area contributed by atoms with E-state index in [4.69, 9.17) is 5.73 Å². The molecule has 1 saturated heterocycles. The number of rotatable bonds is 4. The van der Waals surface area contributed by atoms with Crippen molar-refractivity contribution in [3.8, 4) is 0 Å². The van der Waals surface area contributed by atoms with Crippen LogP contribution in [-0.2, 0) is 22.7 Å². The molecule has 96 valence electrons. The van der Waals surface area contributed by atoms with Gasteiger partial charge in [0.15, 0.2) is 0 Å². The molecule has 5 heteroatoms. The molecule has 18 heavy (non-hydrogen) atoms. The Morgan fingerprint density at radius 1 is 1.28 bits per heavy atom. The third-order valence-corrected chi connectivity index (χ3v) is 3.10. The van der Waals surface area contributed by atoms with E-state index in [0.29, 0.717) is 26.2 Å². The van der Waals surface area contributed by atoms with E-state index in [1.807, 2.05) is 24.3 Å². The van der Waals surface area contributed by atoms with Crippen LogP contribution in [0.1, 0.15) is 11.1 Å². The number of nitrogens with zero attached hydrogens (tertiary/aromatic N) is 2. The van der Waals surface area contributed by atoms with E-state index >= 15 is 0 Å². The van der Waals surface area contributed by atoms with Crippen LogP contribution < -0.4 is 5.73 Å². The third-order valence-electron chi connectivity index (χ3n) is 3.10. The smallest absolute Gasteiger partial charge is 0.242 e. The topological polar surface area (TPSA) is 66.6 Å². The lowest BCUT2D eigenvalue weighted by Gasteiger charge is -2.32. The van der Waals surface area contributed by atoms with Crippen LogP contribution in [0.2, 0.25) is 0 Å². The lowest BCUT2D eigenvalue weighted by Crippen LogP contribution is -2.49. The molecule has 1 fully saturated rings. The number of benzene rings is 1. The summed E-state index contributed by atoms with van der Waals surface area (Å²) in [5.41, 5.74) is 7.73. The molecule has 5 nitrogen and oxygen atoms in total. The van der Waals surface area contributed by atoms with Crippen molar-refractivity contribution in [1.82, 2.24) is 9.80 Å². The molecule has 0 unspecified atom stereocenters. The zero-order valence-corrected chi connectivity index (χ0v) is 10.2. The normalized spacial score (nSPS) is 15.9. The van der Waals surface area contributed by atoms with Crippen LogP contribution in [0, 0.1) is 0 Å². The van der Waals surface area contributed by atoms with Crippen LogP contribution in [0.4, 0.5) is 0 Å². The minimum atomic E-state index is -0.00787. The number of piperazine rings is 1. The van der Waals surface area contributed by atoms with Crippen molar-refractivity contribution in [2.24, 2.45) is 5.73 Å². The number of amides is 2. The number of hydrogen-bond acceptors (Lipinski definition) is 3. The van der Waals surface area contributed by atoms with Crippen LogP contribution in [0.25, 0.3) is 0 Å². The molecule has 0 atom stereocenters. The first-order valence-electron chi connectivity index (χ1n) is 5.98. The summed E-state index contributed by atoms with van der Waals surface area (Å²) >= 11 is 0. The van der Waals surface area contributed by atoms with Gasteiger partial charge in [0.25, 0.3) is 0 Å². The molecule has 1 aromatic rings. The molecule has 0 spiro atoms. The highest BCUT2D eigenvalue weighted by Crippen LogP contribution is 2.10. The minimum Gasteiger partial charge on any atom is -0.335 e. The monoisotopic (exact) mass is 247 g/mol. The summed E-state index contributed by atoms with van der Waals surface area (Å²) < 4.78 is 0. The fourth-order valence-electron chi connectivity index (χ4n) is 2.06. The van der Waals surface area contributed by atoms with Gasteiger partial charge in [0, 0.05) is 26.2 Å². The van der Waals surface area contributed by atoms with E-state index in [1.165, 1.54) is 4.90 Å². The summed E-state index contributed by atoms with van der Waals surface area (Å²) in [6.07, 6.45) is 0.726. The van der Waals surface area contributed by atoms with Crippen molar-refractivity contribution in [1.29, 1.82) is 0 Å². The largest absolute Gasteiger partial charge is 0.335 e. The van der Waals surface area contributed by atoms with Crippen molar-refractivity contribution in [3.63, 3.8) is 0 Å². The third kappa shape index (κ3) is 2.87. The molecular formula is C13H17N3O2. The number of carbonyl (C=O) groups is 2. The summed E-state index contributed by atoms with van der Waals surface area (Å²) in [6, 6.07) is 7.91. The van der Waals surface area contributed by atoms with Crippen LogP contribution >= 0.6 is 0 Å². The van der Waals surface area contributed by atoms with Gasteiger partial charge in [0.05, 0.1) is 6.54 Å². The van der Waals surface area contributed by atoms with Crippen LogP contribution in [0.15, 0.2) is 24.3 Å². The van der Waals surface area contributed by atoms with E-state index in [2.05, 4.69) is 0 Å². The van der Waals surface area contributed by atoms with E-state index in [-0.39, 0.29) is 12.5 Å². The molecule has 1 aromatic carbocycles. The standard InChI is InChI=1S/C13H17N3O2/c14-7-11-2-1-3-12(6-11)8-16-5-4-15(10-17)9-13(16)18/h1-3,6,10H,4-5,7-9,14H2. The predicted molar refractivity (Wildman–Crippen MR) is 67.4 cm³/mol. The Balaban J connectivity index is 2.01. The first kappa shape index (κ1) is 12.6. The Hall–Kier alpha value is -1.88. The van der Waals surface area contributed by atoms with Gasteiger partial charge in [0.2, 0.25) is 12.3 Å². The SMILES string of the molecule is NCc1cccc(CN2CCN(C=O)CC2=O)c1. The molecule has 2 amide bonds. The second-order valence-electron chi connectivity index (χ2n) is 4.42. The molecule has 2 rings (SSSR count). The van der Waals surface area contributed by atoms with Gasteiger partial charge in [0.1, 0.15) is 0 Å². The van der Waals surface area contributed by atoms with E-state index < -0.39 is 0 Å². The Labute approximate surface area is 106 Å². The highest BCUT2D eigenvalue weighted by atomic mass is 16.2. The van der Waals surface area contributed by atoms with Crippen LogP contribution in [-0.4, -0.2) is 41.8 Å². The van der Waals surface area contributed by atoms with Gasteiger partial charge < -0.3 is 15.5 Å². The molecule has 1 aliphatic heterocycles. The molecule has 2 N–H and O–H groups in total. The first-order valence-corrected chi connectivity index (χ1v) is 5.98. The molecule has 0 saturated carbocycles. The van der Waals surface area contributed by atoms with Gasteiger partial charge in [-0.1, -0.05) is 24.3 Å². The highest BCUT2D eigenvalue weighted by Gasteiger charge is 2.22. The summed E-state index contributed by atoms with van der Waals surface area (Å²) in [6.45, 7) is 2.45. The first-order chi connectivity index (χ1) is 8.72. The second-order valence-corrected chi connectivity index (χ2v) is 4.42. The van der Waals surface area contributed by atoms with Crippen molar-refractivity contribution in [2.75, 3.05) is 19.6 Å². The zero-order valence-electron chi connectivity index (χ0n) is 10.2. The molecule has 1 heterocycles. The van der Waals surface area contributed by atoms with Crippen LogP contribution in [0.3, 0.4) is 0 Å². The fraction of sp³-hybridized carbons (Fsp3) is 0.385. The van der Waals surface area contributed by atoms with Crippen molar-refractivity contribution < 1.29 is 9.59 Å². The maximum absolute atomic E-state index is 11.8. The van der Waals surface area contributed by atoms with Gasteiger partial charge in [-0.25, -0.2) is 0 Å². The molecule has 0 aromatic heterocycles. The average molecular weight is 247 g/mol. The summed E-state index contributed by atoms with van der Waals surface area (Å²) in [4.78, 5) is 25.7. The molecule has 0 radical (unpaired) electrons. The van der Waals surface area contributed by atoms with Crippen molar-refractivity contribution >= 4 is 12.3 Å². The van der Waals surface area contributed by atoms with Crippen LogP contribution in [0.5, 0.6) is 0 Å². The Bertz CT molecular complexity index is 448. The Kier molecular flexibility index (Phi) is 3.94. The van der Waals surface area contributed by atoms with Gasteiger partial charge >= 0.3 is 0 Å². The zero-order chi connectivity index (χ0) is 13.0. The van der Waals surface area contributed by atoms with Crippen molar-refractivity contribution in [3.05, 3.63) is 35.4 Å². The fourth-order valence-corrected chi connectivity index (χ4v) is 2.06. The number of hydrogen-bond donors (Lipinski definition) is 1. The van der Waals surface area contributed by atoms with Gasteiger partial charge in [-0.3, -0.25) is 9.59 Å². The lowest BCUT2D eigenvalue weighted by molar-refractivity contribution is -0.140. The summed E-state index contributed by atoms with van der Waals surface area (Å²) in [5, 5.41) is 0. The molecule has 0 bridgehead atoms. The summed E-state index contributed by atoms with van der Waals surface area (Å²) in [5.74, 6) is -0.00787. The average Bonchev–Trinajstić information content (AvgIpc) is 2.41. The number of carbonyl (C=O) groups excluding carboxylic acids is 2. The van der Waals surface area contributed by atoms with E-state index in [0.717, 1.165) is 17.5 Å². The molecular weight excluding hydrogens is 230 g/mol. The quantitative estimate of drug-likeness (QED) is 0.758. The Morgan fingerprint density at radius 3 is 2.72 bits per heavy atom.